The van der Waals surface area contributed by atoms with Crippen molar-refractivity contribution >= 4 is 17.7 Å². The molecule has 0 spiro atoms. The van der Waals surface area contributed by atoms with Crippen LogP contribution in [0.4, 0.5) is 10.5 Å². The third kappa shape index (κ3) is 4.19. The predicted octanol–water partition coefficient (Wildman–Crippen LogP) is 1.34. The Morgan fingerprint density at radius 2 is 1.76 bits per heavy atom. The summed E-state index contributed by atoms with van der Waals surface area (Å²) < 4.78 is 0. The number of carbonyl (C=O) groups is 2. The second kappa shape index (κ2) is 7.08. The van der Waals surface area contributed by atoms with Crippen molar-refractivity contribution in [2.45, 2.75) is 6.42 Å². The van der Waals surface area contributed by atoms with Crippen LogP contribution in [-0.2, 0) is 4.79 Å². The molecule has 6 heteroatoms. The molecule has 0 unspecified atom stereocenters. The first-order valence-corrected chi connectivity index (χ1v) is 7.10. The highest BCUT2D eigenvalue weighted by atomic mass is 16.4. The minimum Gasteiger partial charge on any atom is -0.481 e. The number of piperazine rings is 1. The van der Waals surface area contributed by atoms with Gasteiger partial charge in [-0.2, -0.15) is 0 Å². The monoisotopic (exact) mass is 291 g/mol. The Morgan fingerprint density at radius 1 is 1.14 bits per heavy atom. The molecule has 0 aromatic heterocycles. The van der Waals surface area contributed by atoms with Crippen molar-refractivity contribution < 1.29 is 14.7 Å². The lowest BCUT2D eigenvalue weighted by Gasteiger charge is -2.36. The average molecular weight is 291 g/mol. The van der Waals surface area contributed by atoms with Crippen molar-refractivity contribution in [3.8, 4) is 0 Å². The summed E-state index contributed by atoms with van der Waals surface area (Å²) in [5.41, 5.74) is 0.871. The number of anilines is 1. The fourth-order valence-corrected chi connectivity index (χ4v) is 2.39. The molecule has 1 aliphatic rings. The highest BCUT2D eigenvalue weighted by Crippen LogP contribution is 2.14. The molecule has 0 bridgehead atoms. The number of hydrogen-bond donors (Lipinski definition) is 1. The molecule has 1 aliphatic heterocycles. The fourth-order valence-electron chi connectivity index (χ4n) is 2.39. The van der Waals surface area contributed by atoms with Crippen LogP contribution in [-0.4, -0.2) is 66.7 Å². The van der Waals surface area contributed by atoms with E-state index in [0.717, 1.165) is 18.8 Å². The van der Waals surface area contributed by atoms with Gasteiger partial charge in [0.2, 0.25) is 0 Å². The van der Waals surface area contributed by atoms with Crippen molar-refractivity contribution in [1.29, 1.82) is 0 Å². The van der Waals surface area contributed by atoms with Crippen molar-refractivity contribution in [3.63, 3.8) is 0 Å². The zero-order chi connectivity index (χ0) is 15.2. The number of hydrogen-bond acceptors (Lipinski definition) is 3. The van der Waals surface area contributed by atoms with Crippen LogP contribution in [0.1, 0.15) is 6.42 Å². The molecule has 1 heterocycles. The summed E-state index contributed by atoms with van der Waals surface area (Å²) in [6.45, 7) is 3.26. The first-order chi connectivity index (χ1) is 10.1. The predicted molar refractivity (Wildman–Crippen MR) is 80.5 cm³/mol. The van der Waals surface area contributed by atoms with E-state index in [1.807, 2.05) is 35.2 Å². The van der Waals surface area contributed by atoms with Crippen LogP contribution in [0.15, 0.2) is 30.3 Å². The Hall–Kier alpha value is -2.08. The number of carboxylic acid groups (broad SMARTS) is 1. The van der Waals surface area contributed by atoms with Crippen molar-refractivity contribution in [1.82, 2.24) is 9.80 Å². The van der Waals surface area contributed by atoms with Crippen LogP contribution in [0.25, 0.3) is 0 Å². The van der Waals surface area contributed by atoms with Crippen LogP contribution in [0.5, 0.6) is 0 Å². The highest BCUT2D eigenvalue weighted by molar-refractivity contribution is 5.91. The van der Waals surface area contributed by atoms with Gasteiger partial charge in [-0.05, 0) is 12.1 Å². The molecule has 1 fully saturated rings. The summed E-state index contributed by atoms with van der Waals surface area (Å²) >= 11 is 0. The number of urea groups is 1. The van der Waals surface area contributed by atoms with Gasteiger partial charge in [0.1, 0.15) is 0 Å². The minimum atomic E-state index is -0.780. The summed E-state index contributed by atoms with van der Waals surface area (Å²) in [6.07, 6.45) is 0.151. The molecular formula is C15H21N3O3. The van der Waals surface area contributed by atoms with E-state index in [9.17, 15) is 9.59 Å². The van der Waals surface area contributed by atoms with E-state index >= 15 is 0 Å². The van der Waals surface area contributed by atoms with Gasteiger partial charge in [0.15, 0.2) is 0 Å². The van der Waals surface area contributed by atoms with Crippen molar-refractivity contribution in [3.05, 3.63) is 30.3 Å². The van der Waals surface area contributed by atoms with Crippen LogP contribution in [0.2, 0.25) is 0 Å². The fraction of sp³-hybridized carbons (Fsp3) is 0.467. The van der Waals surface area contributed by atoms with E-state index in [2.05, 4.69) is 4.90 Å². The van der Waals surface area contributed by atoms with E-state index in [0.29, 0.717) is 19.6 Å². The van der Waals surface area contributed by atoms with Crippen molar-refractivity contribution in [2.24, 2.45) is 0 Å². The minimum absolute atomic E-state index is 0.0147. The van der Waals surface area contributed by atoms with Gasteiger partial charge in [0.05, 0.1) is 6.42 Å². The quantitative estimate of drug-likeness (QED) is 0.909. The molecule has 1 N–H and O–H groups in total. The molecule has 21 heavy (non-hydrogen) atoms. The molecule has 0 radical (unpaired) electrons. The lowest BCUT2D eigenvalue weighted by molar-refractivity contribution is -0.137. The number of carboxylic acids is 1. The first-order valence-electron chi connectivity index (χ1n) is 7.10. The normalized spacial score (nSPS) is 15.8. The Morgan fingerprint density at radius 3 is 2.33 bits per heavy atom. The number of nitrogens with zero attached hydrogens (tertiary/aromatic N) is 3. The number of carbonyl (C=O) groups excluding carboxylic acids is 1. The second-order valence-electron chi connectivity index (χ2n) is 5.15. The number of aliphatic carboxylic acids is 1. The van der Waals surface area contributed by atoms with Gasteiger partial charge in [0.25, 0.3) is 0 Å². The molecule has 0 atom stereocenters. The molecule has 2 rings (SSSR count). The van der Waals surface area contributed by atoms with E-state index in [-0.39, 0.29) is 12.5 Å². The average Bonchev–Trinajstić information content (AvgIpc) is 2.53. The molecule has 6 nitrogen and oxygen atoms in total. The number of amides is 2. The number of benzene rings is 1. The summed E-state index contributed by atoms with van der Waals surface area (Å²) in [5.74, 6) is -0.780. The SMILES string of the molecule is CN(C(=O)N1CCN(CCC(=O)O)CC1)c1ccccc1. The topological polar surface area (TPSA) is 64.1 Å². The van der Waals surface area contributed by atoms with Gasteiger partial charge in [-0.15, -0.1) is 0 Å². The van der Waals surface area contributed by atoms with Gasteiger partial charge >= 0.3 is 12.0 Å². The Kier molecular flexibility index (Phi) is 5.16. The zero-order valence-electron chi connectivity index (χ0n) is 12.2. The van der Waals surface area contributed by atoms with Crippen LogP contribution >= 0.6 is 0 Å². The van der Waals surface area contributed by atoms with E-state index in [4.69, 9.17) is 5.11 Å². The molecule has 0 aliphatic carbocycles. The molecule has 1 aromatic rings. The maximum absolute atomic E-state index is 12.4. The summed E-state index contributed by atoms with van der Waals surface area (Å²) in [7, 11) is 1.77. The van der Waals surface area contributed by atoms with Gasteiger partial charge in [0, 0.05) is 45.5 Å². The third-order valence-corrected chi connectivity index (χ3v) is 3.72. The molecule has 114 valence electrons. The lowest BCUT2D eigenvalue weighted by Crippen LogP contribution is -2.52. The van der Waals surface area contributed by atoms with Crippen LogP contribution in [0.3, 0.4) is 0 Å². The summed E-state index contributed by atoms with van der Waals surface area (Å²) in [4.78, 5) is 28.5. The van der Waals surface area contributed by atoms with Gasteiger partial charge < -0.3 is 10.0 Å². The first kappa shape index (κ1) is 15.3. The molecule has 1 aromatic carbocycles. The van der Waals surface area contributed by atoms with Gasteiger partial charge in [-0.1, -0.05) is 18.2 Å². The van der Waals surface area contributed by atoms with Crippen molar-refractivity contribution in [2.75, 3.05) is 44.7 Å². The van der Waals surface area contributed by atoms with E-state index in [1.54, 1.807) is 11.9 Å². The molecular weight excluding hydrogens is 270 g/mol. The van der Waals surface area contributed by atoms with Crippen LogP contribution < -0.4 is 4.90 Å². The largest absolute Gasteiger partial charge is 0.481 e. The Bertz CT molecular complexity index is 484. The Labute approximate surface area is 124 Å². The number of rotatable bonds is 4. The third-order valence-electron chi connectivity index (χ3n) is 3.72. The van der Waals surface area contributed by atoms with E-state index in [1.165, 1.54) is 0 Å². The summed E-state index contributed by atoms with van der Waals surface area (Å²) in [6, 6.07) is 9.52. The Balaban J connectivity index is 1.84. The zero-order valence-corrected chi connectivity index (χ0v) is 12.2. The maximum Gasteiger partial charge on any atom is 0.324 e. The maximum atomic E-state index is 12.4. The summed E-state index contributed by atoms with van der Waals surface area (Å²) in [5, 5.41) is 8.69. The lowest BCUT2D eigenvalue weighted by atomic mass is 10.3. The second-order valence-corrected chi connectivity index (χ2v) is 5.15. The van der Waals surface area contributed by atoms with Gasteiger partial charge in [-0.3, -0.25) is 14.6 Å². The smallest absolute Gasteiger partial charge is 0.324 e. The number of para-hydroxylation sites is 1. The molecule has 2 amide bonds. The standard InChI is InChI=1S/C15H21N3O3/c1-16(13-5-3-2-4-6-13)15(21)18-11-9-17(10-12-18)8-7-14(19)20/h2-6H,7-12H2,1H3,(H,19,20). The van der Waals surface area contributed by atoms with Crippen LogP contribution in [0, 0.1) is 0 Å². The highest BCUT2D eigenvalue weighted by Gasteiger charge is 2.24. The van der Waals surface area contributed by atoms with E-state index < -0.39 is 5.97 Å². The van der Waals surface area contributed by atoms with Gasteiger partial charge in [-0.25, -0.2) is 4.79 Å². The molecule has 0 saturated carbocycles. The molecule has 1 saturated heterocycles.